The average Bonchev–Trinajstić information content (AvgIpc) is 2.48. The monoisotopic (exact) mass is 288 g/mol. The number of nitrogens with two attached hydrogens (primary N) is 1. The zero-order chi connectivity index (χ0) is 15.0. The van der Waals surface area contributed by atoms with Crippen LogP contribution in [0.15, 0.2) is 36.4 Å². The molecule has 0 unspecified atom stereocenters. The maximum atomic E-state index is 13.7. The first-order valence-corrected chi connectivity index (χ1v) is 6.67. The molecule has 1 aliphatic rings. The van der Waals surface area contributed by atoms with Gasteiger partial charge in [-0.1, -0.05) is 12.1 Å². The maximum absolute atomic E-state index is 13.7. The van der Waals surface area contributed by atoms with E-state index in [4.69, 9.17) is 5.73 Å². The molecule has 2 aromatic carbocycles. The van der Waals surface area contributed by atoms with Crippen molar-refractivity contribution in [3.63, 3.8) is 0 Å². The van der Waals surface area contributed by atoms with Crippen molar-refractivity contribution in [2.45, 2.75) is 13.0 Å². The number of carbonyl (C=O) groups is 1. The molecular weight excluding hydrogens is 274 g/mol. The van der Waals surface area contributed by atoms with Crippen LogP contribution in [0.5, 0.6) is 0 Å². The van der Waals surface area contributed by atoms with E-state index in [1.807, 2.05) is 18.2 Å². The molecule has 2 N–H and O–H groups in total. The van der Waals surface area contributed by atoms with E-state index in [1.54, 1.807) is 0 Å². The number of rotatable bonds is 1. The Morgan fingerprint density at radius 3 is 2.76 bits per heavy atom. The number of carbonyl (C=O) groups excluding carboxylic acids is 1. The molecule has 1 aliphatic heterocycles. The van der Waals surface area contributed by atoms with Gasteiger partial charge in [-0.2, -0.15) is 0 Å². The van der Waals surface area contributed by atoms with Crippen LogP contribution in [0.2, 0.25) is 0 Å². The van der Waals surface area contributed by atoms with Crippen LogP contribution >= 0.6 is 0 Å². The van der Waals surface area contributed by atoms with Crippen molar-refractivity contribution in [1.29, 1.82) is 0 Å². The number of benzene rings is 2. The summed E-state index contributed by atoms with van der Waals surface area (Å²) in [5.41, 5.74) is 8.22. The Bertz CT molecular complexity index is 715. The third-order valence-corrected chi connectivity index (χ3v) is 3.71. The Balaban J connectivity index is 1.89. The number of nitrogen functional groups attached to an aromatic ring is 1. The van der Waals surface area contributed by atoms with Gasteiger partial charge in [-0.05, 0) is 41.8 Å². The molecule has 0 radical (unpaired) electrons. The van der Waals surface area contributed by atoms with Crippen molar-refractivity contribution in [1.82, 2.24) is 4.90 Å². The van der Waals surface area contributed by atoms with Gasteiger partial charge in [0.1, 0.15) is 0 Å². The molecule has 0 spiro atoms. The minimum absolute atomic E-state index is 0.234. The molecule has 108 valence electrons. The fourth-order valence-corrected chi connectivity index (χ4v) is 2.59. The van der Waals surface area contributed by atoms with Gasteiger partial charge in [-0.15, -0.1) is 0 Å². The summed E-state index contributed by atoms with van der Waals surface area (Å²) in [7, 11) is 0. The van der Waals surface area contributed by atoms with Gasteiger partial charge in [0.25, 0.3) is 5.91 Å². The highest BCUT2D eigenvalue weighted by Crippen LogP contribution is 2.23. The van der Waals surface area contributed by atoms with Crippen LogP contribution in [0.4, 0.5) is 14.5 Å². The Labute approximate surface area is 121 Å². The van der Waals surface area contributed by atoms with Crippen molar-refractivity contribution in [3.8, 4) is 0 Å². The average molecular weight is 288 g/mol. The van der Waals surface area contributed by atoms with Crippen molar-refractivity contribution in [3.05, 3.63) is 64.7 Å². The van der Waals surface area contributed by atoms with Crippen LogP contribution in [0.1, 0.15) is 21.5 Å². The molecule has 3 nitrogen and oxygen atoms in total. The zero-order valence-corrected chi connectivity index (χ0v) is 11.3. The summed E-state index contributed by atoms with van der Waals surface area (Å²) in [4.78, 5) is 13.9. The Morgan fingerprint density at radius 2 is 1.95 bits per heavy atom. The molecule has 0 aromatic heterocycles. The third-order valence-electron chi connectivity index (χ3n) is 3.71. The molecule has 0 bridgehead atoms. The lowest BCUT2D eigenvalue weighted by atomic mass is 9.98. The minimum Gasteiger partial charge on any atom is -0.399 e. The molecule has 0 fully saturated rings. The van der Waals surface area contributed by atoms with Crippen LogP contribution in [0.25, 0.3) is 0 Å². The van der Waals surface area contributed by atoms with E-state index in [1.165, 1.54) is 17.0 Å². The summed E-state index contributed by atoms with van der Waals surface area (Å²) >= 11 is 0. The molecule has 5 heteroatoms. The third kappa shape index (κ3) is 2.46. The molecule has 0 saturated heterocycles. The van der Waals surface area contributed by atoms with Crippen LogP contribution < -0.4 is 5.73 Å². The summed E-state index contributed by atoms with van der Waals surface area (Å²) in [6, 6.07) is 9.21. The lowest BCUT2D eigenvalue weighted by Crippen LogP contribution is -2.36. The summed E-state index contributed by atoms with van der Waals surface area (Å²) < 4.78 is 27.0. The largest absolute Gasteiger partial charge is 0.399 e. The molecule has 1 amide bonds. The summed E-state index contributed by atoms with van der Waals surface area (Å²) in [5.74, 6) is -2.61. The van der Waals surface area contributed by atoms with Gasteiger partial charge in [-0.25, -0.2) is 8.78 Å². The fraction of sp³-hybridized carbons (Fsp3) is 0.188. The molecule has 3 rings (SSSR count). The first-order valence-electron chi connectivity index (χ1n) is 6.67. The van der Waals surface area contributed by atoms with E-state index >= 15 is 0 Å². The van der Waals surface area contributed by atoms with Crippen LogP contribution in [-0.4, -0.2) is 17.4 Å². The number of hydrogen-bond acceptors (Lipinski definition) is 2. The summed E-state index contributed by atoms with van der Waals surface area (Å²) in [5, 5.41) is 0. The van der Waals surface area contributed by atoms with Gasteiger partial charge < -0.3 is 10.6 Å². The SMILES string of the molecule is Nc1ccc2c(c1)CN(C(=O)c1cccc(F)c1F)CC2. The molecular formula is C16H14F2N2O. The fourth-order valence-electron chi connectivity index (χ4n) is 2.59. The van der Waals surface area contributed by atoms with Gasteiger partial charge >= 0.3 is 0 Å². The predicted molar refractivity (Wildman–Crippen MR) is 75.7 cm³/mol. The first-order chi connectivity index (χ1) is 10.1. The smallest absolute Gasteiger partial charge is 0.257 e. The highest BCUT2D eigenvalue weighted by Gasteiger charge is 2.24. The lowest BCUT2D eigenvalue weighted by Gasteiger charge is -2.29. The van der Waals surface area contributed by atoms with Crippen molar-refractivity contribution < 1.29 is 13.6 Å². The second kappa shape index (κ2) is 5.16. The highest BCUT2D eigenvalue weighted by molar-refractivity contribution is 5.94. The molecule has 0 atom stereocenters. The van der Waals surface area contributed by atoms with E-state index in [0.717, 1.165) is 17.2 Å². The summed E-state index contributed by atoms with van der Waals surface area (Å²) in [6.45, 7) is 0.834. The topological polar surface area (TPSA) is 46.3 Å². The van der Waals surface area contributed by atoms with E-state index in [2.05, 4.69) is 0 Å². The number of amides is 1. The van der Waals surface area contributed by atoms with Gasteiger partial charge in [-0.3, -0.25) is 4.79 Å². The Hall–Kier alpha value is -2.43. The molecule has 2 aromatic rings. The minimum atomic E-state index is -1.10. The summed E-state index contributed by atoms with van der Waals surface area (Å²) in [6.07, 6.45) is 0.679. The second-order valence-corrected chi connectivity index (χ2v) is 5.11. The second-order valence-electron chi connectivity index (χ2n) is 5.11. The van der Waals surface area contributed by atoms with Crippen molar-refractivity contribution >= 4 is 11.6 Å². The standard InChI is InChI=1S/C16H14F2N2O/c17-14-3-1-2-13(15(14)18)16(21)20-7-6-10-4-5-12(19)8-11(10)9-20/h1-5,8H,6-7,9,19H2. The number of nitrogens with zero attached hydrogens (tertiary/aromatic N) is 1. The van der Waals surface area contributed by atoms with Crippen LogP contribution in [-0.2, 0) is 13.0 Å². The first kappa shape index (κ1) is 13.5. The van der Waals surface area contributed by atoms with Gasteiger partial charge in [0.05, 0.1) is 5.56 Å². The zero-order valence-electron chi connectivity index (χ0n) is 11.3. The molecule has 1 heterocycles. The Morgan fingerprint density at radius 1 is 1.14 bits per heavy atom. The normalized spacial score (nSPS) is 13.9. The van der Waals surface area contributed by atoms with Crippen molar-refractivity contribution in [2.24, 2.45) is 0 Å². The molecule has 0 saturated carbocycles. The number of halogens is 2. The Kier molecular flexibility index (Phi) is 3.33. The van der Waals surface area contributed by atoms with Crippen LogP contribution in [0, 0.1) is 11.6 Å². The number of anilines is 1. The van der Waals surface area contributed by atoms with Gasteiger partial charge in [0.15, 0.2) is 11.6 Å². The molecule has 21 heavy (non-hydrogen) atoms. The predicted octanol–water partition coefficient (Wildman–Crippen LogP) is 2.75. The van der Waals surface area contributed by atoms with E-state index in [9.17, 15) is 13.6 Å². The van der Waals surface area contributed by atoms with Crippen LogP contribution in [0.3, 0.4) is 0 Å². The molecule has 0 aliphatic carbocycles. The van der Waals surface area contributed by atoms with Gasteiger partial charge in [0.2, 0.25) is 0 Å². The lowest BCUT2D eigenvalue weighted by molar-refractivity contribution is 0.0729. The highest BCUT2D eigenvalue weighted by atomic mass is 19.2. The van der Waals surface area contributed by atoms with Crippen molar-refractivity contribution in [2.75, 3.05) is 12.3 Å². The maximum Gasteiger partial charge on any atom is 0.257 e. The van der Waals surface area contributed by atoms with Gasteiger partial charge in [0, 0.05) is 18.8 Å². The van der Waals surface area contributed by atoms with E-state index in [-0.39, 0.29) is 5.56 Å². The van der Waals surface area contributed by atoms with E-state index in [0.29, 0.717) is 25.2 Å². The van der Waals surface area contributed by atoms with E-state index < -0.39 is 17.5 Å². The number of hydrogen-bond donors (Lipinski definition) is 1. The number of fused-ring (bicyclic) bond motifs is 1. The quantitative estimate of drug-likeness (QED) is 0.820.